The van der Waals surface area contributed by atoms with Gasteiger partial charge in [-0.25, -0.2) is 0 Å². The zero-order valence-electron chi connectivity index (χ0n) is 43.3. The number of hydrogen-bond donors (Lipinski definition) is 0. The van der Waals surface area contributed by atoms with E-state index in [9.17, 15) is 0 Å². The summed E-state index contributed by atoms with van der Waals surface area (Å²) in [7, 11) is 0. The van der Waals surface area contributed by atoms with E-state index in [1.165, 1.54) is 120 Å². The standard InChI is InChI=1S/C65H70BN3/c1-60(2,3)43-28-30-53(47(36-43)42-22-15-13-16-23-42)68-56-41-49-48(62(7,8)34-35-63(49,9)10)40-52(56)66-51-26-19-20-27-55(51)67(45-24-17-14-18-25-45)57-38-46(39-58(68)59(57)66)69-54-31-29-44(61(4,5)6)37-50(54)64(11)32-21-33-65(64,69)12/h13-20,22-31,36-41H,21,32-35H2,1-12H3. The molecule has 4 heteroatoms. The molecule has 0 radical (unpaired) electrons. The van der Waals surface area contributed by atoms with Crippen LogP contribution in [0.25, 0.3) is 11.1 Å². The summed E-state index contributed by atoms with van der Waals surface area (Å²) in [6.07, 6.45) is 5.86. The molecule has 1 fully saturated rings. The Morgan fingerprint density at radius 2 is 1.01 bits per heavy atom. The van der Waals surface area contributed by atoms with Crippen LogP contribution in [0.15, 0.2) is 146 Å². The minimum atomic E-state index is -0.119. The lowest BCUT2D eigenvalue weighted by molar-refractivity contribution is 0.330. The molecule has 12 rings (SSSR count). The van der Waals surface area contributed by atoms with Crippen molar-refractivity contribution in [3.05, 3.63) is 173 Å². The topological polar surface area (TPSA) is 9.72 Å². The van der Waals surface area contributed by atoms with Gasteiger partial charge in [-0.15, -0.1) is 0 Å². The van der Waals surface area contributed by atoms with Crippen molar-refractivity contribution in [3.8, 4) is 11.1 Å². The Morgan fingerprint density at radius 1 is 0.435 bits per heavy atom. The molecule has 2 unspecified atom stereocenters. The quantitative estimate of drug-likeness (QED) is 0.163. The third-order valence-corrected chi connectivity index (χ3v) is 18.1. The van der Waals surface area contributed by atoms with Crippen molar-refractivity contribution < 1.29 is 0 Å². The minimum Gasteiger partial charge on any atom is -0.334 e. The van der Waals surface area contributed by atoms with Crippen LogP contribution in [0, 0.1) is 0 Å². The number of para-hydroxylation sites is 2. The normalized spacial score (nSPS) is 21.6. The molecule has 0 saturated heterocycles. The van der Waals surface area contributed by atoms with Gasteiger partial charge in [0.05, 0.1) is 11.2 Å². The van der Waals surface area contributed by atoms with E-state index in [0.29, 0.717) is 0 Å². The van der Waals surface area contributed by atoms with Crippen molar-refractivity contribution in [3.63, 3.8) is 0 Å². The third-order valence-electron chi connectivity index (χ3n) is 18.1. The van der Waals surface area contributed by atoms with Gasteiger partial charge in [-0.3, -0.25) is 0 Å². The number of nitrogens with zero attached hydrogens (tertiary/aromatic N) is 3. The van der Waals surface area contributed by atoms with E-state index in [-0.39, 0.29) is 39.3 Å². The summed E-state index contributed by atoms with van der Waals surface area (Å²) in [6, 6.07) is 57.1. The number of hydrogen-bond acceptors (Lipinski definition) is 3. The Hall–Kier alpha value is -6.00. The van der Waals surface area contributed by atoms with Gasteiger partial charge >= 0.3 is 0 Å². The average molecular weight is 904 g/mol. The van der Waals surface area contributed by atoms with E-state index < -0.39 is 0 Å². The lowest BCUT2D eigenvalue weighted by Crippen LogP contribution is -2.62. The van der Waals surface area contributed by atoms with Gasteiger partial charge in [0, 0.05) is 50.8 Å². The van der Waals surface area contributed by atoms with Crippen LogP contribution in [0.1, 0.15) is 143 Å². The van der Waals surface area contributed by atoms with Gasteiger partial charge < -0.3 is 14.7 Å². The van der Waals surface area contributed by atoms with Crippen molar-refractivity contribution in [2.75, 3.05) is 14.7 Å². The fourth-order valence-electron chi connectivity index (χ4n) is 13.7. The van der Waals surface area contributed by atoms with Crippen LogP contribution in [0.3, 0.4) is 0 Å². The van der Waals surface area contributed by atoms with Crippen molar-refractivity contribution >= 4 is 68.6 Å². The monoisotopic (exact) mass is 904 g/mol. The van der Waals surface area contributed by atoms with Crippen molar-refractivity contribution in [1.82, 2.24) is 0 Å². The van der Waals surface area contributed by atoms with Crippen LogP contribution in [0.4, 0.5) is 45.5 Å². The lowest BCUT2D eigenvalue weighted by Gasteiger charge is -2.48. The van der Waals surface area contributed by atoms with Gasteiger partial charge in [0.1, 0.15) is 0 Å². The van der Waals surface area contributed by atoms with Gasteiger partial charge in [-0.2, -0.15) is 0 Å². The molecule has 7 aromatic rings. The van der Waals surface area contributed by atoms with Crippen LogP contribution >= 0.6 is 0 Å². The first-order chi connectivity index (χ1) is 32.7. The first-order valence-electron chi connectivity index (χ1n) is 26.0. The molecule has 5 aliphatic rings. The number of benzene rings is 7. The maximum Gasteiger partial charge on any atom is 0.252 e. The molecule has 0 amide bonds. The summed E-state index contributed by atoms with van der Waals surface area (Å²) < 4.78 is 0. The molecular formula is C65H70BN3. The molecule has 0 N–H and O–H groups in total. The lowest BCUT2D eigenvalue weighted by atomic mass is 9.33. The number of rotatable bonds is 4. The largest absolute Gasteiger partial charge is 0.334 e. The summed E-state index contributed by atoms with van der Waals surface area (Å²) in [4.78, 5) is 8.14. The molecule has 0 aromatic heterocycles. The first kappa shape index (κ1) is 44.2. The molecule has 0 spiro atoms. The molecule has 3 aliphatic heterocycles. The van der Waals surface area contributed by atoms with E-state index in [1.54, 1.807) is 0 Å². The predicted octanol–water partition coefficient (Wildman–Crippen LogP) is 15.7. The number of fused-ring (bicyclic) bond motifs is 8. The Kier molecular flexibility index (Phi) is 9.47. The Balaban J connectivity index is 1.24. The van der Waals surface area contributed by atoms with Crippen molar-refractivity contribution in [2.45, 2.75) is 148 Å². The van der Waals surface area contributed by atoms with E-state index in [2.05, 4.69) is 243 Å². The molecule has 0 bridgehead atoms. The van der Waals surface area contributed by atoms with Crippen molar-refractivity contribution in [2.24, 2.45) is 0 Å². The van der Waals surface area contributed by atoms with Gasteiger partial charge in [-0.1, -0.05) is 174 Å². The van der Waals surface area contributed by atoms with Crippen LogP contribution in [0.5, 0.6) is 0 Å². The highest BCUT2D eigenvalue weighted by Gasteiger charge is 2.60. The van der Waals surface area contributed by atoms with Crippen LogP contribution in [0.2, 0.25) is 0 Å². The van der Waals surface area contributed by atoms with Crippen LogP contribution < -0.4 is 31.1 Å². The van der Waals surface area contributed by atoms with E-state index in [4.69, 9.17) is 0 Å². The fraction of sp³-hybridized carbons (Fsp3) is 0.354. The molecule has 7 aromatic carbocycles. The van der Waals surface area contributed by atoms with E-state index in [1.807, 2.05) is 0 Å². The summed E-state index contributed by atoms with van der Waals surface area (Å²) in [5.41, 5.74) is 24.0. The molecule has 1 saturated carbocycles. The van der Waals surface area contributed by atoms with Gasteiger partial charge in [-0.05, 0) is 159 Å². The highest BCUT2D eigenvalue weighted by Crippen LogP contribution is 2.64. The molecule has 69 heavy (non-hydrogen) atoms. The van der Waals surface area contributed by atoms with E-state index in [0.717, 1.165) is 12.8 Å². The van der Waals surface area contributed by atoms with Gasteiger partial charge in [0.2, 0.25) is 0 Å². The van der Waals surface area contributed by atoms with Crippen LogP contribution in [-0.4, -0.2) is 12.3 Å². The number of anilines is 8. The van der Waals surface area contributed by atoms with E-state index >= 15 is 0 Å². The zero-order chi connectivity index (χ0) is 48.2. The smallest absolute Gasteiger partial charge is 0.252 e. The second-order valence-electron chi connectivity index (χ2n) is 25.2. The summed E-state index contributed by atoms with van der Waals surface area (Å²) in [6.45, 7) is 29.3. The molecule has 3 heterocycles. The first-order valence-corrected chi connectivity index (χ1v) is 26.0. The molecular weight excluding hydrogens is 834 g/mol. The summed E-state index contributed by atoms with van der Waals surface area (Å²) in [5.74, 6) is 0. The molecule has 2 aliphatic carbocycles. The highest BCUT2D eigenvalue weighted by molar-refractivity contribution is 7.00. The highest BCUT2D eigenvalue weighted by atomic mass is 15.3. The summed E-state index contributed by atoms with van der Waals surface area (Å²) >= 11 is 0. The third kappa shape index (κ3) is 6.38. The Bertz CT molecular complexity index is 3220. The average Bonchev–Trinajstić information content (AvgIpc) is 3.73. The fourth-order valence-corrected chi connectivity index (χ4v) is 13.7. The van der Waals surface area contributed by atoms with Crippen molar-refractivity contribution in [1.29, 1.82) is 0 Å². The molecule has 348 valence electrons. The maximum absolute atomic E-state index is 2.81. The summed E-state index contributed by atoms with van der Waals surface area (Å²) in [5, 5.41) is 0. The maximum atomic E-state index is 2.81. The minimum absolute atomic E-state index is 0.00200. The van der Waals surface area contributed by atoms with Gasteiger partial charge in [0.15, 0.2) is 0 Å². The Morgan fingerprint density at radius 3 is 1.68 bits per heavy atom. The molecule has 3 nitrogen and oxygen atoms in total. The second-order valence-corrected chi connectivity index (χ2v) is 25.2. The zero-order valence-corrected chi connectivity index (χ0v) is 43.3. The predicted molar refractivity (Wildman–Crippen MR) is 297 cm³/mol. The molecule has 2 atom stereocenters. The van der Waals surface area contributed by atoms with Crippen LogP contribution in [-0.2, 0) is 27.1 Å². The SMILES string of the molecule is CC(C)(C)c1ccc(N2c3cc4c(cc3B3c5ccccc5N(c5ccccc5)c5cc(N6c7ccc(C(C)(C)C)cc7C7(C)CCCC67C)cc2c53)C(C)(C)CCC4(C)C)c(-c2ccccc2)c1. The second kappa shape index (κ2) is 14.8. The van der Waals surface area contributed by atoms with Gasteiger partial charge in [0.25, 0.3) is 6.71 Å². The Labute approximate surface area is 413 Å².